The minimum Gasteiger partial charge on any atom is -0.234 e. The summed E-state index contributed by atoms with van der Waals surface area (Å²) in [7, 11) is -4.07. The van der Waals surface area contributed by atoms with Gasteiger partial charge in [0.2, 0.25) is 0 Å². The Balaban J connectivity index is 2.40. The van der Waals surface area contributed by atoms with Gasteiger partial charge in [-0.2, -0.15) is 0 Å². The topological polar surface area (TPSA) is 74.8 Å². The number of halogens is 1. The third-order valence-electron chi connectivity index (χ3n) is 3.27. The fraction of sp³-hybridized carbons (Fsp3) is 0.500. The molecule has 0 saturated carbocycles. The molecule has 0 bridgehead atoms. The van der Waals surface area contributed by atoms with Gasteiger partial charge in [-0.1, -0.05) is 0 Å². The summed E-state index contributed by atoms with van der Waals surface area (Å²) in [4.78, 5) is -0.0677. The van der Waals surface area contributed by atoms with E-state index >= 15 is 0 Å². The predicted molar refractivity (Wildman–Crippen MR) is 76.2 cm³/mol. The van der Waals surface area contributed by atoms with Crippen LogP contribution in [0.25, 0.3) is 0 Å². The van der Waals surface area contributed by atoms with E-state index in [0.29, 0.717) is 0 Å². The molecule has 1 fully saturated rings. The van der Waals surface area contributed by atoms with E-state index in [9.17, 15) is 21.2 Å². The van der Waals surface area contributed by atoms with Crippen molar-refractivity contribution in [3.8, 4) is 0 Å². The molecule has 1 aliphatic rings. The molecule has 0 N–H and O–H groups in total. The van der Waals surface area contributed by atoms with Crippen molar-refractivity contribution in [1.82, 2.24) is 9.42 Å². The number of sulfonamides is 1. The highest BCUT2D eigenvalue weighted by atomic mass is 32.2. The summed E-state index contributed by atoms with van der Waals surface area (Å²) in [5, 5.41) is 1.35. The maximum absolute atomic E-state index is 12.9. The minimum atomic E-state index is -3.92. The average molecular weight is 336 g/mol. The van der Waals surface area contributed by atoms with Crippen LogP contribution in [-0.4, -0.2) is 57.9 Å². The van der Waals surface area contributed by atoms with Gasteiger partial charge in [0.15, 0.2) is 9.84 Å². The van der Waals surface area contributed by atoms with E-state index in [1.807, 2.05) is 0 Å². The minimum absolute atomic E-state index is 0.0268. The molecule has 21 heavy (non-hydrogen) atoms. The highest BCUT2D eigenvalue weighted by molar-refractivity contribution is 7.92. The summed E-state index contributed by atoms with van der Waals surface area (Å²) in [6.07, 6.45) is 0.251. The van der Waals surface area contributed by atoms with E-state index in [-0.39, 0.29) is 22.8 Å². The molecule has 0 aromatic heterocycles. The van der Waals surface area contributed by atoms with Crippen LogP contribution in [0.3, 0.4) is 0 Å². The molecule has 2 rings (SSSR count). The summed E-state index contributed by atoms with van der Waals surface area (Å²) in [5.41, 5.74) is 0. The third-order valence-corrected chi connectivity index (χ3v) is 7.01. The van der Waals surface area contributed by atoms with Gasteiger partial charge in [-0.15, -0.1) is 4.41 Å². The first kappa shape index (κ1) is 16.3. The zero-order valence-electron chi connectivity index (χ0n) is 11.7. The summed E-state index contributed by atoms with van der Waals surface area (Å²) < 4.78 is 62.5. The molecule has 1 aliphatic heterocycles. The lowest BCUT2D eigenvalue weighted by Crippen LogP contribution is -2.49. The molecule has 1 heterocycles. The van der Waals surface area contributed by atoms with Crippen molar-refractivity contribution >= 4 is 19.9 Å². The average Bonchev–Trinajstić information content (AvgIpc) is 2.69. The second kappa shape index (κ2) is 5.64. The fourth-order valence-corrected chi connectivity index (χ4v) is 5.89. The van der Waals surface area contributed by atoms with Crippen LogP contribution >= 0.6 is 0 Å². The van der Waals surface area contributed by atoms with E-state index in [0.717, 1.165) is 16.5 Å². The molecule has 1 aromatic rings. The maximum Gasteiger partial charge on any atom is 0.256 e. The van der Waals surface area contributed by atoms with Crippen LogP contribution < -0.4 is 0 Å². The molecule has 6 nitrogen and oxygen atoms in total. The Labute approximate surface area is 124 Å². The predicted octanol–water partition coefficient (Wildman–Crippen LogP) is 0.480. The largest absolute Gasteiger partial charge is 0.256 e. The Morgan fingerprint density at radius 3 is 2.19 bits per heavy atom. The van der Waals surface area contributed by atoms with Crippen LogP contribution in [0.4, 0.5) is 4.39 Å². The molecule has 0 spiro atoms. The first-order valence-corrected chi connectivity index (χ1v) is 9.57. The highest BCUT2D eigenvalue weighted by Gasteiger charge is 2.40. The lowest BCUT2D eigenvalue weighted by Gasteiger charge is -2.32. The molecule has 0 unspecified atom stereocenters. The zero-order valence-corrected chi connectivity index (χ0v) is 13.4. The Hall–Kier alpha value is -1.03. The second-order valence-corrected chi connectivity index (χ2v) is 9.16. The number of hydrogen-bond acceptors (Lipinski definition) is 5. The molecular weight excluding hydrogens is 319 g/mol. The molecule has 1 atom stereocenters. The lowest BCUT2D eigenvalue weighted by atomic mass is 10.3. The van der Waals surface area contributed by atoms with Gasteiger partial charge in [0.05, 0.1) is 22.4 Å². The van der Waals surface area contributed by atoms with Gasteiger partial charge in [-0.05, 0) is 30.7 Å². The normalized spacial score (nSPS) is 22.0. The van der Waals surface area contributed by atoms with Crippen molar-refractivity contribution in [1.29, 1.82) is 0 Å². The van der Waals surface area contributed by atoms with Gasteiger partial charge >= 0.3 is 0 Å². The molecule has 1 aromatic carbocycles. The van der Waals surface area contributed by atoms with Crippen molar-refractivity contribution in [3.63, 3.8) is 0 Å². The number of nitrogens with zero attached hydrogens (tertiary/aromatic N) is 2. The molecule has 0 aliphatic carbocycles. The van der Waals surface area contributed by atoms with Gasteiger partial charge in [-0.25, -0.2) is 26.2 Å². The smallest absolute Gasteiger partial charge is 0.234 e. The fourth-order valence-electron chi connectivity index (χ4n) is 2.40. The van der Waals surface area contributed by atoms with Gasteiger partial charge in [-0.3, -0.25) is 0 Å². The third kappa shape index (κ3) is 3.42. The van der Waals surface area contributed by atoms with Gasteiger partial charge < -0.3 is 0 Å². The number of benzene rings is 1. The van der Waals surface area contributed by atoms with Crippen molar-refractivity contribution in [2.45, 2.75) is 17.4 Å². The van der Waals surface area contributed by atoms with E-state index in [2.05, 4.69) is 0 Å². The monoisotopic (exact) mass is 336 g/mol. The zero-order chi connectivity index (χ0) is 15.8. The quantitative estimate of drug-likeness (QED) is 0.748. The Bertz CT molecular complexity index is 714. The maximum atomic E-state index is 12.9. The summed E-state index contributed by atoms with van der Waals surface area (Å²) in [5.74, 6) is -0.763. The lowest BCUT2D eigenvalue weighted by molar-refractivity contribution is 0.0893. The van der Waals surface area contributed by atoms with E-state index < -0.39 is 31.7 Å². The van der Waals surface area contributed by atoms with Crippen LogP contribution in [0, 0.1) is 5.82 Å². The Kier molecular flexibility index (Phi) is 4.39. The standard InChI is InChI=1S/C12H17FN2O4S2/c1-14(2)15(11-7-8-20(16,17)9-11)21(18,19)12-5-3-10(13)4-6-12/h3-6,11H,7-9H2,1-2H3/t11-/m0/s1. The first-order chi connectivity index (χ1) is 9.63. The van der Waals surface area contributed by atoms with Crippen molar-refractivity contribution in [2.24, 2.45) is 0 Å². The first-order valence-electron chi connectivity index (χ1n) is 6.31. The number of hydrogen-bond donors (Lipinski definition) is 0. The van der Waals surface area contributed by atoms with Crippen molar-refractivity contribution < 1.29 is 21.2 Å². The van der Waals surface area contributed by atoms with Crippen molar-refractivity contribution in [2.75, 3.05) is 25.6 Å². The molecule has 9 heteroatoms. The van der Waals surface area contributed by atoms with Crippen LogP contribution in [-0.2, 0) is 19.9 Å². The number of sulfone groups is 1. The molecule has 0 radical (unpaired) electrons. The van der Waals surface area contributed by atoms with Gasteiger partial charge in [0.1, 0.15) is 5.82 Å². The summed E-state index contributed by atoms with van der Waals surface area (Å²) in [6.45, 7) is 0. The van der Waals surface area contributed by atoms with E-state index in [1.54, 1.807) is 0 Å². The van der Waals surface area contributed by atoms with Crippen molar-refractivity contribution in [3.05, 3.63) is 30.1 Å². The summed E-state index contributed by atoms with van der Waals surface area (Å²) >= 11 is 0. The van der Waals surface area contributed by atoms with E-state index in [1.165, 1.54) is 31.2 Å². The SMILES string of the molecule is CN(C)N([C@H]1CCS(=O)(=O)C1)S(=O)(=O)c1ccc(F)cc1. The number of hydrazine groups is 1. The van der Waals surface area contributed by atoms with Crippen LogP contribution in [0.15, 0.2) is 29.2 Å². The van der Waals surface area contributed by atoms with E-state index in [4.69, 9.17) is 0 Å². The van der Waals surface area contributed by atoms with Crippen LogP contribution in [0.5, 0.6) is 0 Å². The Morgan fingerprint density at radius 1 is 1.19 bits per heavy atom. The Morgan fingerprint density at radius 2 is 1.76 bits per heavy atom. The molecule has 118 valence electrons. The van der Waals surface area contributed by atoms with Crippen LogP contribution in [0.1, 0.15) is 6.42 Å². The van der Waals surface area contributed by atoms with Gasteiger partial charge in [0.25, 0.3) is 10.0 Å². The highest BCUT2D eigenvalue weighted by Crippen LogP contribution is 2.25. The molecule has 1 saturated heterocycles. The molecule has 0 amide bonds. The molecular formula is C12H17FN2O4S2. The second-order valence-electron chi connectivity index (χ2n) is 5.14. The summed E-state index contributed by atoms with van der Waals surface area (Å²) in [6, 6.07) is 3.83. The van der Waals surface area contributed by atoms with Crippen LogP contribution in [0.2, 0.25) is 0 Å². The number of rotatable bonds is 4. The van der Waals surface area contributed by atoms with Gasteiger partial charge in [0, 0.05) is 14.1 Å².